The molecule has 2 N–H and O–H groups in total. The van der Waals surface area contributed by atoms with Crippen molar-refractivity contribution in [3.8, 4) is 0 Å². The number of rotatable bonds is 2. The summed E-state index contributed by atoms with van der Waals surface area (Å²) in [5.74, 6) is -0.920. The van der Waals surface area contributed by atoms with Gasteiger partial charge in [-0.2, -0.15) is 13.2 Å². The lowest BCUT2D eigenvalue weighted by Gasteiger charge is -2.23. The third-order valence-corrected chi connectivity index (χ3v) is 3.61. The smallest absolute Gasteiger partial charge is 0.416 e. The Labute approximate surface area is 130 Å². The molecule has 0 saturated carbocycles. The number of nitrogens with one attached hydrogen (secondary N) is 1. The Morgan fingerprint density at radius 2 is 1.78 bits per heavy atom. The number of halogens is 3. The van der Waals surface area contributed by atoms with Gasteiger partial charge in [-0.25, -0.2) is 0 Å². The monoisotopic (exact) mass is 319 g/mol. The standard InChI is InChI=1S/C17H12F3NO2/c18-17(19,20)10-4-3-5-11(8-10)21-14-9-15(22)16(23)13-7-2-1-6-12(13)14/h1-9,14,21-22H/t14-/m0/s1. The van der Waals surface area contributed by atoms with Gasteiger partial charge in [-0.15, -0.1) is 0 Å². The van der Waals surface area contributed by atoms with Crippen molar-refractivity contribution in [1.29, 1.82) is 0 Å². The van der Waals surface area contributed by atoms with E-state index in [4.69, 9.17) is 0 Å². The van der Waals surface area contributed by atoms with E-state index < -0.39 is 29.3 Å². The number of alkyl halides is 3. The van der Waals surface area contributed by atoms with E-state index in [9.17, 15) is 23.1 Å². The number of fused-ring (bicyclic) bond motifs is 1. The van der Waals surface area contributed by atoms with Crippen molar-refractivity contribution < 1.29 is 23.1 Å². The molecular weight excluding hydrogens is 307 g/mol. The second kappa shape index (κ2) is 5.46. The summed E-state index contributed by atoms with van der Waals surface area (Å²) in [4.78, 5) is 11.9. The van der Waals surface area contributed by atoms with Crippen LogP contribution in [0, 0.1) is 0 Å². The minimum atomic E-state index is -4.43. The van der Waals surface area contributed by atoms with Crippen LogP contribution in [0.4, 0.5) is 18.9 Å². The number of anilines is 1. The molecule has 0 radical (unpaired) electrons. The Kier molecular flexibility index (Phi) is 3.60. The first-order valence-electron chi connectivity index (χ1n) is 6.84. The molecule has 2 aromatic carbocycles. The SMILES string of the molecule is O=C1C(O)=C[C@H](Nc2cccc(C(F)(F)F)c2)c2ccccc21. The van der Waals surface area contributed by atoms with Gasteiger partial charge < -0.3 is 10.4 Å². The first-order valence-corrected chi connectivity index (χ1v) is 6.84. The second-order valence-corrected chi connectivity index (χ2v) is 5.17. The summed E-state index contributed by atoms with van der Waals surface area (Å²) < 4.78 is 38.3. The van der Waals surface area contributed by atoms with Crippen molar-refractivity contribution in [2.24, 2.45) is 0 Å². The van der Waals surface area contributed by atoms with Crippen molar-refractivity contribution in [2.75, 3.05) is 5.32 Å². The molecule has 1 atom stereocenters. The van der Waals surface area contributed by atoms with Gasteiger partial charge in [0.2, 0.25) is 5.78 Å². The maximum atomic E-state index is 12.8. The van der Waals surface area contributed by atoms with Crippen LogP contribution < -0.4 is 5.32 Å². The number of benzene rings is 2. The lowest BCUT2D eigenvalue weighted by molar-refractivity contribution is -0.137. The third-order valence-electron chi connectivity index (χ3n) is 3.61. The minimum absolute atomic E-state index is 0.248. The highest BCUT2D eigenvalue weighted by molar-refractivity contribution is 6.09. The van der Waals surface area contributed by atoms with Crippen LogP contribution in [0.2, 0.25) is 0 Å². The fourth-order valence-electron chi connectivity index (χ4n) is 2.52. The summed E-state index contributed by atoms with van der Waals surface area (Å²) in [7, 11) is 0. The van der Waals surface area contributed by atoms with Crippen LogP contribution in [0.5, 0.6) is 0 Å². The fourth-order valence-corrected chi connectivity index (χ4v) is 2.52. The molecule has 1 aliphatic rings. The van der Waals surface area contributed by atoms with Crippen LogP contribution in [0.15, 0.2) is 60.4 Å². The van der Waals surface area contributed by atoms with Gasteiger partial charge >= 0.3 is 6.18 Å². The van der Waals surface area contributed by atoms with E-state index in [1.807, 2.05) is 0 Å². The van der Waals surface area contributed by atoms with Gasteiger partial charge in [0, 0.05) is 11.3 Å². The van der Waals surface area contributed by atoms with E-state index in [0.717, 1.165) is 12.1 Å². The number of carbonyl (C=O) groups excluding carboxylic acids is 1. The predicted octanol–water partition coefficient (Wildman–Crippen LogP) is 4.50. The average molecular weight is 319 g/mol. The molecule has 0 bridgehead atoms. The van der Waals surface area contributed by atoms with E-state index in [1.165, 1.54) is 18.2 Å². The summed E-state index contributed by atoms with van der Waals surface area (Å²) in [5, 5.41) is 12.7. The Morgan fingerprint density at radius 1 is 1.04 bits per heavy atom. The molecule has 1 aliphatic carbocycles. The van der Waals surface area contributed by atoms with E-state index >= 15 is 0 Å². The van der Waals surface area contributed by atoms with Crippen LogP contribution >= 0.6 is 0 Å². The number of Topliss-reactive ketones (excluding diaryl/α,β-unsaturated/α-hetero) is 1. The van der Waals surface area contributed by atoms with Crippen molar-refractivity contribution in [3.05, 3.63) is 77.1 Å². The number of aliphatic hydroxyl groups excluding tert-OH is 1. The highest BCUT2D eigenvalue weighted by Gasteiger charge is 2.31. The van der Waals surface area contributed by atoms with Gasteiger partial charge in [-0.05, 0) is 29.8 Å². The zero-order valence-electron chi connectivity index (χ0n) is 11.8. The zero-order valence-corrected chi connectivity index (χ0v) is 11.8. The minimum Gasteiger partial charge on any atom is -0.504 e. The molecule has 3 nitrogen and oxygen atoms in total. The summed E-state index contributed by atoms with van der Waals surface area (Å²) in [5.41, 5.74) is 0.415. The number of carbonyl (C=O) groups is 1. The first kappa shape index (κ1) is 15.1. The third kappa shape index (κ3) is 2.92. The van der Waals surface area contributed by atoms with Crippen LogP contribution in [0.3, 0.4) is 0 Å². The molecule has 0 heterocycles. The van der Waals surface area contributed by atoms with E-state index in [0.29, 0.717) is 11.1 Å². The Hall–Kier alpha value is -2.76. The van der Waals surface area contributed by atoms with Crippen LogP contribution in [-0.2, 0) is 6.18 Å². The van der Waals surface area contributed by atoms with Crippen molar-refractivity contribution in [1.82, 2.24) is 0 Å². The highest BCUT2D eigenvalue weighted by Crippen LogP contribution is 2.33. The molecule has 3 rings (SSSR count). The summed E-state index contributed by atoms with van der Waals surface area (Å²) >= 11 is 0. The normalized spacial score (nSPS) is 17.4. The molecule has 0 fully saturated rings. The molecule has 0 unspecified atom stereocenters. The fraction of sp³-hybridized carbons (Fsp3) is 0.118. The highest BCUT2D eigenvalue weighted by atomic mass is 19.4. The molecule has 118 valence electrons. The quantitative estimate of drug-likeness (QED) is 0.857. The molecule has 0 saturated heterocycles. The molecule has 0 aliphatic heterocycles. The molecule has 2 aromatic rings. The summed E-state index contributed by atoms with van der Waals surface area (Å²) in [6, 6.07) is 10.8. The van der Waals surface area contributed by atoms with Gasteiger partial charge in [0.25, 0.3) is 0 Å². The topological polar surface area (TPSA) is 49.3 Å². The lowest BCUT2D eigenvalue weighted by atomic mass is 9.91. The van der Waals surface area contributed by atoms with Gasteiger partial charge in [-0.1, -0.05) is 30.3 Å². The number of allylic oxidation sites excluding steroid dienone is 1. The zero-order chi connectivity index (χ0) is 16.6. The molecular formula is C17H12F3NO2. The molecule has 23 heavy (non-hydrogen) atoms. The Balaban J connectivity index is 1.96. The maximum Gasteiger partial charge on any atom is 0.416 e. The molecule has 0 amide bonds. The maximum absolute atomic E-state index is 12.8. The van der Waals surface area contributed by atoms with Gasteiger partial charge in [0.05, 0.1) is 11.6 Å². The molecule has 0 aromatic heterocycles. The van der Waals surface area contributed by atoms with Crippen molar-refractivity contribution in [3.63, 3.8) is 0 Å². The van der Waals surface area contributed by atoms with Crippen LogP contribution in [-0.4, -0.2) is 10.9 Å². The Bertz CT molecular complexity index is 796. The van der Waals surface area contributed by atoms with E-state index in [1.54, 1.807) is 24.3 Å². The second-order valence-electron chi connectivity index (χ2n) is 5.17. The van der Waals surface area contributed by atoms with Crippen LogP contribution in [0.1, 0.15) is 27.5 Å². The van der Waals surface area contributed by atoms with Crippen molar-refractivity contribution in [2.45, 2.75) is 12.2 Å². The predicted molar refractivity (Wildman–Crippen MR) is 79.3 cm³/mol. The van der Waals surface area contributed by atoms with Gasteiger partial charge in [0.15, 0.2) is 5.76 Å². The number of ketones is 1. The van der Waals surface area contributed by atoms with Crippen LogP contribution in [0.25, 0.3) is 0 Å². The van der Waals surface area contributed by atoms with E-state index in [2.05, 4.69) is 5.32 Å². The lowest BCUT2D eigenvalue weighted by Crippen LogP contribution is -2.20. The van der Waals surface area contributed by atoms with Gasteiger partial charge in [-0.3, -0.25) is 4.79 Å². The number of aliphatic hydroxyl groups is 1. The first-order chi connectivity index (χ1) is 10.9. The summed E-state index contributed by atoms with van der Waals surface area (Å²) in [6.45, 7) is 0. The molecule has 6 heteroatoms. The number of hydrogen-bond acceptors (Lipinski definition) is 3. The summed E-state index contributed by atoms with van der Waals surface area (Å²) in [6.07, 6.45) is -3.14. The Morgan fingerprint density at radius 3 is 2.52 bits per heavy atom. The van der Waals surface area contributed by atoms with Gasteiger partial charge in [0.1, 0.15) is 0 Å². The van der Waals surface area contributed by atoms with Crippen molar-refractivity contribution >= 4 is 11.5 Å². The van der Waals surface area contributed by atoms with E-state index in [-0.39, 0.29) is 5.69 Å². The molecule has 0 spiro atoms. The number of hydrogen-bond donors (Lipinski definition) is 2. The average Bonchev–Trinajstić information content (AvgIpc) is 2.52. The largest absolute Gasteiger partial charge is 0.504 e.